The van der Waals surface area contributed by atoms with Crippen LogP contribution in [0.5, 0.6) is 0 Å². The van der Waals surface area contributed by atoms with Gasteiger partial charge in [0.05, 0.1) is 22.1 Å². The van der Waals surface area contributed by atoms with Gasteiger partial charge in [-0.2, -0.15) is 13.2 Å². The van der Waals surface area contributed by atoms with Gasteiger partial charge in [0, 0.05) is 37.3 Å². The molecule has 0 spiro atoms. The van der Waals surface area contributed by atoms with Gasteiger partial charge in [-0.25, -0.2) is 0 Å². The molecule has 0 aliphatic carbocycles. The van der Waals surface area contributed by atoms with Gasteiger partial charge in [-0.1, -0.05) is 32.1 Å². The summed E-state index contributed by atoms with van der Waals surface area (Å²) in [7, 11) is 2.10. The van der Waals surface area contributed by atoms with Crippen LogP contribution in [-0.4, -0.2) is 65.4 Å². The van der Waals surface area contributed by atoms with Gasteiger partial charge >= 0.3 is 6.18 Å². The van der Waals surface area contributed by atoms with Crippen LogP contribution in [0.15, 0.2) is 29.3 Å². The molecular weight excluding hydrogens is 409 g/mol. The number of benzene rings is 1. The van der Waals surface area contributed by atoms with E-state index in [1.165, 1.54) is 12.1 Å². The summed E-state index contributed by atoms with van der Waals surface area (Å²) < 4.78 is 40.1. The summed E-state index contributed by atoms with van der Waals surface area (Å²) >= 11 is 5.86. The van der Waals surface area contributed by atoms with Crippen LogP contribution in [0, 0.1) is 5.41 Å². The number of amidine groups is 1. The highest BCUT2D eigenvalue weighted by molar-refractivity contribution is 7.80. The van der Waals surface area contributed by atoms with Crippen LogP contribution in [0.4, 0.5) is 18.9 Å². The van der Waals surface area contributed by atoms with Crippen molar-refractivity contribution in [1.82, 2.24) is 9.80 Å². The number of halogens is 3. The summed E-state index contributed by atoms with van der Waals surface area (Å²) in [5.74, 6) is 0.737. The van der Waals surface area contributed by atoms with Gasteiger partial charge in [0.25, 0.3) is 0 Å². The van der Waals surface area contributed by atoms with E-state index in [4.69, 9.17) is 17.2 Å². The van der Waals surface area contributed by atoms with Gasteiger partial charge in [0.2, 0.25) is 0 Å². The topological polar surface area (TPSA) is 22.1 Å². The van der Waals surface area contributed by atoms with E-state index >= 15 is 0 Å². The molecule has 0 unspecified atom stereocenters. The third kappa shape index (κ3) is 4.55. The van der Waals surface area contributed by atoms with Crippen LogP contribution in [-0.2, 0) is 6.18 Å². The van der Waals surface area contributed by atoms with Crippen molar-refractivity contribution in [2.45, 2.75) is 52.4 Å². The molecule has 0 radical (unpaired) electrons. The lowest BCUT2D eigenvalue weighted by Crippen LogP contribution is -2.55. The number of alkyl halides is 3. The molecule has 0 bridgehead atoms. The maximum absolute atomic E-state index is 13.4. The van der Waals surface area contributed by atoms with E-state index in [0.717, 1.165) is 38.1 Å². The summed E-state index contributed by atoms with van der Waals surface area (Å²) in [6.45, 7) is 13.8. The molecule has 3 rings (SSSR count). The van der Waals surface area contributed by atoms with Gasteiger partial charge in [0.1, 0.15) is 5.84 Å². The van der Waals surface area contributed by atoms with Crippen LogP contribution in [0.1, 0.15) is 40.2 Å². The maximum Gasteiger partial charge on any atom is 0.416 e. The van der Waals surface area contributed by atoms with Crippen molar-refractivity contribution in [3.05, 3.63) is 29.8 Å². The average molecular weight is 441 g/mol. The molecule has 1 aromatic rings. The minimum atomic E-state index is -4.41. The molecule has 2 aliphatic rings. The van der Waals surface area contributed by atoms with Crippen LogP contribution in [0.2, 0.25) is 0 Å². The first kappa shape index (κ1) is 23.2. The Morgan fingerprint density at radius 1 is 1.07 bits per heavy atom. The molecule has 0 aromatic heterocycles. The number of nitrogens with zero attached hydrogens (tertiary/aromatic N) is 4. The Morgan fingerprint density at radius 3 is 2.20 bits per heavy atom. The predicted molar refractivity (Wildman–Crippen MR) is 120 cm³/mol. The summed E-state index contributed by atoms with van der Waals surface area (Å²) in [6.07, 6.45) is -4.41. The fourth-order valence-electron chi connectivity index (χ4n) is 4.18. The SMILES string of the molecule is CN1CCN([C@@H]2C(=NC(C)(C)C)N(c3cccc(C(F)(F)F)c3)C(=S)C2(C)C)CC1. The first-order valence-electron chi connectivity index (χ1n) is 10.3. The van der Waals surface area contributed by atoms with Gasteiger partial charge in [-0.05, 0) is 46.0 Å². The molecule has 1 atom stereocenters. The molecule has 2 aliphatic heterocycles. The number of hydrogen-bond donors (Lipinski definition) is 0. The molecule has 166 valence electrons. The van der Waals surface area contributed by atoms with Gasteiger partial charge in [-0.3, -0.25) is 14.8 Å². The van der Waals surface area contributed by atoms with Crippen molar-refractivity contribution in [2.75, 3.05) is 38.1 Å². The molecule has 1 aromatic carbocycles. The molecule has 2 saturated heterocycles. The second-order valence-electron chi connectivity index (χ2n) is 9.79. The third-order valence-corrected chi connectivity index (χ3v) is 6.40. The predicted octanol–water partition coefficient (Wildman–Crippen LogP) is 4.69. The van der Waals surface area contributed by atoms with E-state index in [-0.39, 0.29) is 6.04 Å². The largest absolute Gasteiger partial charge is 0.416 e. The highest BCUT2D eigenvalue weighted by atomic mass is 32.1. The van der Waals surface area contributed by atoms with Crippen molar-refractivity contribution < 1.29 is 13.2 Å². The molecule has 8 heteroatoms. The number of piperazine rings is 1. The fraction of sp³-hybridized carbons (Fsp3) is 0.636. The quantitative estimate of drug-likeness (QED) is 0.622. The second-order valence-corrected chi connectivity index (χ2v) is 10.2. The molecule has 4 nitrogen and oxygen atoms in total. The van der Waals surface area contributed by atoms with Crippen LogP contribution in [0.25, 0.3) is 0 Å². The zero-order chi connectivity index (χ0) is 22.5. The van der Waals surface area contributed by atoms with Crippen molar-refractivity contribution in [3.8, 4) is 0 Å². The monoisotopic (exact) mass is 440 g/mol. The van der Waals surface area contributed by atoms with E-state index < -0.39 is 22.7 Å². The fourth-order valence-corrected chi connectivity index (χ4v) is 4.49. The number of thiocarbonyl (C=S) groups is 1. The molecule has 30 heavy (non-hydrogen) atoms. The summed E-state index contributed by atoms with van der Waals surface area (Å²) in [5.41, 5.74) is -1.10. The van der Waals surface area contributed by atoms with Gasteiger partial charge in [-0.15, -0.1) is 0 Å². The number of anilines is 1. The van der Waals surface area contributed by atoms with Crippen molar-refractivity contribution in [1.29, 1.82) is 0 Å². The third-order valence-electron chi connectivity index (χ3n) is 5.70. The minimum Gasteiger partial charge on any atom is -0.304 e. The Kier molecular flexibility index (Phi) is 6.08. The Hall–Kier alpha value is -1.51. The second kappa shape index (κ2) is 7.88. The lowest BCUT2D eigenvalue weighted by Gasteiger charge is -2.41. The first-order valence-corrected chi connectivity index (χ1v) is 10.7. The Bertz CT molecular complexity index is 834. The molecule has 2 heterocycles. The minimum absolute atomic E-state index is 0.0903. The lowest BCUT2D eigenvalue weighted by atomic mass is 9.85. The lowest BCUT2D eigenvalue weighted by molar-refractivity contribution is -0.137. The average Bonchev–Trinajstić information content (AvgIpc) is 2.80. The zero-order valence-corrected chi connectivity index (χ0v) is 19.4. The summed E-state index contributed by atoms with van der Waals surface area (Å²) in [5, 5.41) is 0. The molecular formula is C22H31F3N4S. The zero-order valence-electron chi connectivity index (χ0n) is 18.5. The van der Waals surface area contributed by atoms with E-state index in [1.807, 2.05) is 20.8 Å². The molecule has 0 N–H and O–H groups in total. The number of likely N-dealkylation sites (N-methyl/N-ethyl adjacent to an activating group) is 1. The van der Waals surface area contributed by atoms with E-state index in [0.29, 0.717) is 10.7 Å². The van der Waals surface area contributed by atoms with Crippen LogP contribution >= 0.6 is 12.2 Å². The van der Waals surface area contributed by atoms with E-state index in [9.17, 15) is 13.2 Å². The Morgan fingerprint density at radius 2 is 1.67 bits per heavy atom. The summed E-state index contributed by atoms with van der Waals surface area (Å²) in [4.78, 5) is 12.0. The van der Waals surface area contributed by atoms with E-state index in [1.54, 1.807) is 11.0 Å². The van der Waals surface area contributed by atoms with Crippen LogP contribution in [0.3, 0.4) is 0 Å². The molecule has 0 amide bonds. The molecule has 0 saturated carbocycles. The standard InChI is InChI=1S/C22H31F3N4S/c1-20(2,3)26-18-17(28-12-10-27(6)11-13-28)21(4,5)19(30)29(18)16-9-7-8-15(14-16)22(23,24)25/h7-9,14,17H,10-13H2,1-6H3/t17-/m1/s1. The Labute approximate surface area is 182 Å². The van der Waals surface area contributed by atoms with Crippen LogP contribution < -0.4 is 4.90 Å². The smallest absolute Gasteiger partial charge is 0.304 e. The number of hydrogen-bond acceptors (Lipinski definition) is 4. The highest BCUT2D eigenvalue weighted by Crippen LogP contribution is 2.42. The van der Waals surface area contributed by atoms with Gasteiger partial charge < -0.3 is 4.90 Å². The molecule has 2 fully saturated rings. The van der Waals surface area contributed by atoms with Crippen molar-refractivity contribution >= 4 is 28.7 Å². The number of rotatable bonds is 2. The number of aliphatic imine (C=N–C) groups is 1. The maximum atomic E-state index is 13.4. The van der Waals surface area contributed by atoms with E-state index in [2.05, 4.69) is 30.7 Å². The van der Waals surface area contributed by atoms with Gasteiger partial charge in [0.15, 0.2) is 0 Å². The highest BCUT2D eigenvalue weighted by Gasteiger charge is 2.53. The summed E-state index contributed by atoms with van der Waals surface area (Å²) in [6, 6.07) is 5.29. The Balaban J connectivity index is 2.12. The van der Waals surface area contributed by atoms with Crippen molar-refractivity contribution in [3.63, 3.8) is 0 Å². The van der Waals surface area contributed by atoms with Crippen molar-refractivity contribution in [2.24, 2.45) is 10.4 Å². The normalized spacial score (nSPS) is 25.4. The first-order chi connectivity index (χ1) is 13.7.